The Kier molecular flexibility index (Phi) is 3.32. The summed E-state index contributed by atoms with van der Waals surface area (Å²) in [5.41, 5.74) is 3.25. The predicted molar refractivity (Wildman–Crippen MR) is 53.0 cm³/mol. The van der Waals surface area contributed by atoms with E-state index in [4.69, 9.17) is 9.84 Å². The summed E-state index contributed by atoms with van der Waals surface area (Å²) in [6, 6.07) is 3.95. The quantitative estimate of drug-likeness (QED) is 0.772. The van der Waals surface area contributed by atoms with Gasteiger partial charge in [0.25, 0.3) is 0 Å². The van der Waals surface area contributed by atoms with Crippen LogP contribution in [0.5, 0.6) is 5.75 Å². The average Bonchev–Trinajstić information content (AvgIpc) is 2.11. The maximum atomic E-state index is 9.08. The van der Waals surface area contributed by atoms with E-state index in [0.29, 0.717) is 6.61 Å². The van der Waals surface area contributed by atoms with Crippen molar-refractivity contribution in [2.24, 2.45) is 0 Å². The second kappa shape index (κ2) is 4.28. The fourth-order valence-electron chi connectivity index (χ4n) is 1.26. The highest BCUT2D eigenvalue weighted by Gasteiger charge is 2.04. The summed E-state index contributed by atoms with van der Waals surface area (Å²) in [6.45, 7) is 6.69. The molecular weight excluding hydrogens is 164 g/mol. The molecule has 72 valence electrons. The normalized spacial score (nSPS) is 10.2. The van der Waals surface area contributed by atoms with Crippen molar-refractivity contribution in [2.45, 2.75) is 27.4 Å². The van der Waals surface area contributed by atoms with Crippen molar-refractivity contribution >= 4 is 0 Å². The minimum Gasteiger partial charge on any atom is -0.493 e. The second-order valence-corrected chi connectivity index (χ2v) is 3.14. The molecule has 0 saturated carbocycles. The maximum absolute atomic E-state index is 9.08. The average molecular weight is 180 g/mol. The van der Waals surface area contributed by atoms with Crippen LogP contribution in [0, 0.1) is 13.8 Å². The van der Waals surface area contributed by atoms with Crippen LogP contribution >= 0.6 is 0 Å². The van der Waals surface area contributed by atoms with Gasteiger partial charge in [-0.25, -0.2) is 0 Å². The van der Waals surface area contributed by atoms with Crippen molar-refractivity contribution < 1.29 is 9.84 Å². The van der Waals surface area contributed by atoms with Crippen LogP contribution in [0.1, 0.15) is 23.6 Å². The molecule has 1 N–H and O–H groups in total. The highest BCUT2D eigenvalue weighted by Crippen LogP contribution is 2.23. The van der Waals surface area contributed by atoms with Crippen molar-refractivity contribution in [3.63, 3.8) is 0 Å². The van der Waals surface area contributed by atoms with Gasteiger partial charge >= 0.3 is 0 Å². The molecule has 0 amide bonds. The van der Waals surface area contributed by atoms with Gasteiger partial charge in [0.05, 0.1) is 13.2 Å². The summed E-state index contributed by atoms with van der Waals surface area (Å²) in [5.74, 6) is 0.799. The third kappa shape index (κ3) is 2.22. The Labute approximate surface area is 79.2 Å². The molecule has 1 aromatic rings. The van der Waals surface area contributed by atoms with Crippen molar-refractivity contribution in [1.82, 2.24) is 0 Å². The van der Waals surface area contributed by atoms with Gasteiger partial charge in [0.2, 0.25) is 0 Å². The lowest BCUT2D eigenvalue weighted by molar-refractivity contribution is 0.267. The van der Waals surface area contributed by atoms with E-state index in [0.717, 1.165) is 11.3 Å². The van der Waals surface area contributed by atoms with E-state index in [-0.39, 0.29) is 6.61 Å². The molecule has 0 unspecified atom stereocenters. The molecule has 0 atom stereocenters. The van der Waals surface area contributed by atoms with Crippen LogP contribution in [0.15, 0.2) is 12.1 Å². The van der Waals surface area contributed by atoms with Gasteiger partial charge in [-0.1, -0.05) is 0 Å². The molecule has 1 aromatic carbocycles. The van der Waals surface area contributed by atoms with Crippen LogP contribution in [-0.2, 0) is 6.61 Å². The zero-order chi connectivity index (χ0) is 9.84. The predicted octanol–water partition coefficient (Wildman–Crippen LogP) is 2.19. The Morgan fingerprint density at radius 1 is 1.23 bits per heavy atom. The van der Waals surface area contributed by atoms with Gasteiger partial charge in [-0.2, -0.15) is 0 Å². The van der Waals surface area contributed by atoms with Crippen LogP contribution in [0.25, 0.3) is 0 Å². The molecule has 0 radical (unpaired) electrons. The topological polar surface area (TPSA) is 29.5 Å². The molecule has 0 fully saturated rings. The van der Waals surface area contributed by atoms with Gasteiger partial charge in [-0.05, 0) is 44.0 Å². The first-order valence-electron chi connectivity index (χ1n) is 4.52. The number of hydrogen-bond acceptors (Lipinski definition) is 2. The summed E-state index contributed by atoms with van der Waals surface area (Å²) in [7, 11) is 0. The van der Waals surface area contributed by atoms with Crippen molar-refractivity contribution in [1.29, 1.82) is 0 Å². The molecule has 0 heterocycles. The number of hydrogen-bond donors (Lipinski definition) is 1. The van der Waals surface area contributed by atoms with Gasteiger partial charge in [-0.3, -0.25) is 0 Å². The fraction of sp³-hybridized carbons (Fsp3) is 0.455. The Balaban J connectivity index is 3.09. The SMILES string of the molecule is CCOc1cc(C)c(C)cc1CO. The molecule has 2 nitrogen and oxygen atoms in total. The van der Waals surface area contributed by atoms with Gasteiger partial charge in [-0.15, -0.1) is 0 Å². The number of aliphatic hydroxyl groups excluding tert-OH is 1. The summed E-state index contributed by atoms with van der Waals surface area (Å²) in [4.78, 5) is 0. The molecular formula is C11H16O2. The van der Waals surface area contributed by atoms with E-state index >= 15 is 0 Å². The first-order valence-corrected chi connectivity index (χ1v) is 4.52. The molecule has 1 rings (SSSR count). The van der Waals surface area contributed by atoms with Crippen LogP contribution in [0.3, 0.4) is 0 Å². The number of ether oxygens (including phenoxy) is 1. The number of rotatable bonds is 3. The van der Waals surface area contributed by atoms with E-state index in [9.17, 15) is 0 Å². The largest absolute Gasteiger partial charge is 0.493 e. The van der Waals surface area contributed by atoms with Gasteiger partial charge < -0.3 is 9.84 Å². The lowest BCUT2D eigenvalue weighted by Crippen LogP contribution is -1.98. The minimum atomic E-state index is 0.0381. The van der Waals surface area contributed by atoms with E-state index in [1.54, 1.807) is 0 Å². The minimum absolute atomic E-state index is 0.0381. The molecule has 0 spiro atoms. The van der Waals surface area contributed by atoms with Crippen molar-refractivity contribution in [3.05, 3.63) is 28.8 Å². The smallest absolute Gasteiger partial charge is 0.125 e. The summed E-state index contributed by atoms with van der Waals surface area (Å²) in [5, 5.41) is 9.08. The number of benzene rings is 1. The molecule has 0 bridgehead atoms. The monoisotopic (exact) mass is 180 g/mol. The maximum Gasteiger partial charge on any atom is 0.125 e. The highest BCUT2D eigenvalue weighted by molar-refractivity contribution is 5.41. The molecule has 2 heteroatoms. The third-order valence-electron chi connectivity index (χ3n) is 2.15. The first kappa shape index (κ1) is 10.1. The van der Waals surface area contributed by atoms with Crippen LogP contribution in [-0.4, -0.2) is 11.7 Å². The summed E-state index contributed by atoms with van der Waals surface area (Å²) >= 11 is 0. The Hall–Kier alpha value is -1.02. The third-order valence-corrected chi connectivity index (χ3v) is 2.15. The van der Waals surface area contributed by atoms with Crippen LogP contribution in [0.2, 0.25) is 0 Å². The van der Waals surface area contributed by atoms with Gasteiger partial charge in [0.15, 0.2) is 0 Å². The van der Waals surface area contributed by atoms with E-state index in [1.807, 2.05) is 32.9 Å². The first-order chi connectivity index (χ1) is 6.19. The number of aryl methyl sites for hydroxylation is 2. The van der Waals surface area contributed by atoms with Crippen molar-refractivity contribution in [3.8, 4) is 5.75 Å². The zero-order valence-corrected chi connectivity index (χ0v) is 8.42. The lowest BCUT2D eigenvalue weighted by Gasteiger charge is -2.11. The van der Waals surface area contributed by atoms with E-state index in [2.05, 4.69) is 0 Å². The van der Waals surface area contributed by atoms with Crippen LogP contribution < -0.4 is 4.74 Å². The molecule has 0 aliphatic rings. The lowest BCUT2D eigenvalue weighted by atomic mass is 10.1. The summed E-state index contributed by atoms with van der Waals surface area (Å²) < 4.78 is 5.40. The standard InChI is InChI=1S/C11H16O2/c1-4-13-11-6-9(3)8(2)5-10(11)7-12/h5-6,12H,4,7H2,1-3H3. The Morgan fingerprint density at radius 2 is 1.85 bits per heavy atom. The van der Waals surface area contributed by atoms with Gasteiger partial charge in [0.1, 0.15) is 5.75 Å². The zero-order valence-electron chi connectivity index (χ0n) is 8.42. The van der Waals surface area contributed by atoms with E-state index in [1.165, 1.54) is 11.1 Å². The molecule has 0 saturated heterocycles. The summed E-state index contributed by atoms with van der Waals surface area (Å²) in [6.07, 6.45) is 0. The second-order valence-electron chi connectivity index (χ2n) is 3.14. The highest BCUT2D eigenvalue weighted by atomic mass is 16.5. The van der Waals surface area contributed by atoms with Crippen molar-refractivity contribution in [2.75, 3.05) is 6.61 Å². The van der Waals surface area contributed by atoms with E-state index < -0.39 is 0 Å². The Morgan fingerprint density at radius 3 is 2.38 bits per heavy atom. The molecule has 0 aliphatic heterocycles. The number of aliphatic hydroxyl groups is 1. The van der Waals surface area contributed by atoms with Crippen LogP contribution in [0.4, 0.5) is 0 Å². The fourth-order valence-corrected chi connectivity index (χ4v) is 1.26. The molecule has 0 aliphatic carbocycles. The molecule has 0 aromatic heterocycles. The Bertz CT molecular complexity index is 292. The van der Waals surface area contributed by atoms with Gasteiger partial charge in [0, 0.05) is 5.56 Å². The molecule has 13 heavy (non-hydrogen) atoms.